The predicted octanol–water partition coefficient (Wildman–Crippen LogP) is 4.76. The van der Waals surface area contributed by atoms with Gasteiger partial charge in [-0.3, -0.25) is 14.5 Å². The monoisotopic (exact) mass is 477 g/mol. The molecule has 0 aliphatic carbocycles. The molecule has 1 fully saturated rings. The van der Waals surface area contributed by atoms with Crippen LogP contribution >= 0.6 is 11.8 Å². The van der Waals surface area contributed by atoms with E-state index in [2.05, 4.69) is 12.5 Å². The molecular formula is C26H23NO6S. The molecule has 7 nitrogen and oxygen atoms in total. The van der Waals surface area contributed by atoms with Crippen LogP contribution in [0.1, 0.15) is 34.0 Å². The van der Waals surface area contributed by atoms with E-state index >= 15 is 0 Å². The number of nitrogens with zero attached hydrogens (tertiary/aromatic N) is 1. The normalized spacial score (nSPS) is 14.2. The molecule has 0 radical (unpaired) electrons. The third kappa shape index (κ3) is 5.69. The molecule has 2 aromatic carbocycles. The van der Waals surface area contributed by atoms with E-state index in [-0.39, 0.29) is 23.6 Å². The number of carboxylic acid groups (broad SMARTS) is 1. The van der Waals surface area contributed by atoms with Gasteiger partial charge >= 0.3 is 5.97 Å². The van der Waals surface area contributed by atoms with Crippen molar-refractivity contribution in [1.29, 1.82) is 0 Å². The minimum absolute atomic E-state index is 0.0753. The molecule has 174 valence electrons. The van der Waals surface area contributed by atoms with Crippen LogP contribution in [-0.4, -0.2) is 40.3 Å². The Balaban J connectivity index is 1.92. The summed E-state index contributed by atoms with van der Waals surface area (Å²) in [6.07, 6.45) is 9.09. The van der Waals surface area contributed by atoms with Gasteiger partial charge in [0.2, 0.25) is 0 Å². The van der Waals surface area contributed by atoms with E-state index in [0.717, 1.165) is 27.8 Å². The molecule has 1 aliphatic rings. The summed E-state index contributed by atoms with van der Waals surface area (Å²) in [5, 5.41) is 8.66. The van der Waals surface area contributed by atoms with Crippen LogP contribution in [0.5, 0.6) is 11.5 Å². The highest BCUT2D eigenvalue weighted by atomic mass is 32.2. The number of rotatable bonds is 10. The minimum Gasteiger partial charge on any atom is -0.490 e. The molecule has 34 heavy (non-hydrogen) atoms. The van der Waals surface area contributed by atoms with Crippen LogP contribution in [0.2, 0.25) is 0 Å². The molecule has 0 spiro atoms. The molecule has 1 aliphatic heterocycles. The first-order chi connectivity index (χ1) is 16.4. The lowest BCUT2D eigenvalue weighted by Crippen LogP contribution is -2.28. The highest BCUT2D eigenvalue weighted by Crippen LogP contribution is 2.37. The van der Waals surface area contributed by atoms with Gasteiger partial charge in [-0.25, -0.2) is 4.79 Å². The average molecular weight is 478 g/mol. The van der Waals surface area contributed by atoms with Gasteiger partial charge in [-0.1, -0.05) is 24.1 Å². The van der Waals surface area contributed by atoms with E-state index in [4.69, 9.17) is 21.0 Å². The minimum atomic E-state index is -0.993. The number of imide groups is 1. The number of ether oxygens (including phenoxy) is 2. The average Bonchev–Trinajstić information content (AvgIpc) is 3.07. The Morgan fingerprint density at radius 2 is 1.97 bits per heavy atom. The number of amides is 2. The van der Waals surface area contributed by atoms with Crippen molar-refractivity contribution in [3.63, 3.8) is 0 Å². The fourth-order valence-electron chi connectivity index (χ4n) is 3.28. The number of carbonyl (C=O) groups is 3. The maximum Gasteiger partial charge on any atom is 0.335 e. The predicted molar refractivity (Wildman–Crippen MR) is 131 cm³/mol. The zero-order valence-electron chi connectivity index (χ0n) is 18.6. The Labute approximate surface area is 202 Å². The van der Waals surface area contributed by atoms with Gasteiger partial charge in [0.05, 0.1) is 23.6 Å². The number of hydrogen-bond acceptors (Lipinski definition) is 6. The molecular weight excluding hydrogens is 454 g/mol. The molecule has 1 heterocycles. The summed E-state index contributed by atoms with van der Waals surface area (Å²) in [5.41, 5.74) is 2.45. The van der Waals surface area contributed by atoms with Crippen LogP contribution in [-0.2, 0) is 17.8 Å². The molecule has 0 aromatic heterocycles. The van der Waals surface area contributed by atoms with Gasteiger partial charge in [-0.15, -0.1) is 13.0 Å². The fourth-order valence-corrected chi connectivity index (χ4v) is 4.12. The first-order valence-corrected chi connectivity index (χ1v) is 11.2. The third-order valence-electron chi connectivity index (χ3n) is 4.82. The maximum atomic E-state index is 12.5. The first-order valence-electron chi connectivity index (χ1n) is 10.4. The number of allylic oxidation sites excluding steroid dienone is 1. The zero-order valence-corrected chi connectivity index (χ0v) is 19.4. The Bertz CT molecular complexity index is 1190. The number of benzene rings is 2. The van der Waals surface area contributed by atoms with E-state index in [9.17, 15) is 14.4 Å². The van der Waals surface area contributed by atoms with Crippen molar-refractivity contribution in [3.8, 4) is 23.8 Å². The second kappa shape index (κ2) is 11.3. The Morgan fingerprint density at radius 1 is 1.24 bits per heavy atom. The summed E-state index contributed by atoms with van der Waals surface area (Å²) >= 11 is 0.839. The molecule has 1 N–H and O–H groups in total. The highest BCUT2D eigenvalue weighted by molar-refractivity contribution is 8.18. The molecule has 3 rings (SSSR count). The van der Waals surface area contributed by atoms with Crippen LogP contribution in [0.15, 0.2) is 54.0 Å². The van der Waals surface area contributed by atoms with Gasteiger partial charge in [0.15, 0.2) is 11.5 Å². The Hall–Kier alpha value is -3.96. The lowest BCUT2D eigenvalue weighted by atomic mass is 10.0. The van der Waals surface area contributed by atoms with Crippen molar-refractivity contribution in [2.45, 2.75) is 20.0 Å². The second-order valence-electron chi connectivity index (χ2n) is 7.20. The number of terminal acetylenes is 1. The topological polar surface area (TPSA) is 93.1 Å². The van der Waals surface area contributed by atoms with Crippen LogP contribution in [0.4, 0.5) is 4.79 Å². The van der Waals surface area contributed by atoms with Gasteiger partial charge in [0.1, 0.15) is 6.61 Å². The van der Waals surface area contributed by atoms with Gasteiger partial charge in [-0.2, -0.15) is 0 Å². The van der Waals surface area contributed by atoms with E-state index < -0.39 is 17.1 Å². The summed E-state index contributed by atoms with van der Waals surface area (Å²) in [6, 6.07) is 10.0. The van der Waals surface area contributed by atoms with Crippen molar-refractivity contribution in [2.24, 2.45) is 0 Å². The molecule has 1 saturated heterocycles. The van der Waals surface area contributed by atoms with Gasteiger partial charge in [0, 0.05) is 5.56 Å². The molecule has 0 atom stereocenters. The zero-order chi connectivity index (χ0) is 24.7. The van der Waals surface area contributed by atoms with Gasteiger partial charge in [0.25, 0.3) is 11.1 Å². The lowest BCUT2D eigenvalue weighted by Gasteiger charge is -2.17. The second-order valence-corrected chi connectivity index (χ2v) is 8.19. The molecule has 0 unspecified atom stereocenters. The lowest BCUT2D eigenvalue weighted by molar-refractivity contribution is -0.122. The summed E-state index contributed by atoms with van der Waals surface area (Å²) < 4.78 is 11.9. The van der Waals surface area contributed by atoms with Crippen molar-refractivity contribution in [2.75, 3.05) is 13.2 Å². The first kappa shape index (κ1) is 24.7. The van der Waals surface area contributed by atoms with Crippen LogP contribution in [0.25, 0.3) is 6.08 Å². The molecule has 2 amide bonds. The maximum absolute atomic E-state index is 12.5. The summed E-state index contributed by atoms with van der Waals surface area (Å²) in [5.74, 6) is 1.91. The van der Waals surface area contributed by atoms with E-state index in [1.54, 1.807) is 30.4 Å². The smallest absolute Gasteiger partial charge is 0.335 e. The summed E-state index contributed by atoms with van der Waals surface area (Å²) in [6.45, 7) is 6.17. The van der Waals surface area contributed by atoms with Crippen LogP contribution in [0, 0.1) is 12.3 Å². The number of aromatic carboxylic acids is 1. The van der Waals surface area contributed by atoms with Gasteiger partial charge < -0.3 is 14.6 Å². The SMILES string of the molecule is C#CCN1C(=O)S/C(=C/c2cc(CC=C)c(OCc3ccc(C(=O)O)cc3)c(OCC)c2)C1=O. The summed E-state index contributed by atoms with van der Waals surface area (Å²) in [7, 11) is 0. The number of carbonyl (C=O) groups excluding carboxylic acids is 2. The van der Waals surface area contributed by atoms with Crippen molar-refractivity contribution in [1.82, 2.24) is 4.90 Å². The number of hydrogen-bond donors (Lipinski definition) is 1. The largest absolute Gasteiger partial charge is 0.490 e. The molecule has 0 bridgehead atoms. The molecule has 2 aromatic rings. The van der Waals surface area contributed by atoms with E-state index in [1.165, 1.54) is 12.1 Å². The Kier molecular flexibility index (Phi) is 8.17. The van der Waals surface area contributed by atoms with Crippen molar-refractivity contribution < 1.29 is 29.0 Å². The van der Waals surface area contributed by atoms with E-state index in [0.29, 0.717) is 30.1 Å². The van der Waals surface area contributed by atoms with Crippen LogP contribution < -0.4 is 9.47 Å². The van der Waals surface area contributed by atoms with Crippen LogP contribution in [0.3, 0.4) is 0 Å². The quantitative estimate of drug-likeness (QED) is 0.300. The highest BCUT2D eigenvalue weighted by Gasteiger charge is 2.34. The van der Waals surface area contributed by atoms with Gasteiger partial charge in [-0.05, 0) is 66.6 Å². The van der Waals surface area contributed by atoms with Crippen molar-refractivity contribution >= 4 is 35.0 Å². The number of thioether (sulfide) groups is 1. The van der Waals surface area contributed by atoms with E-state index in [1.807, 2.05) is 13.0 Å². The third-order valence-corrected chi connectivity index (χ3v) is 5.73. The number of carboxylic acids is 1. The summed E-state index contributed by atoms with van der Waals surface area (Å²) in [4.78, 5) is 37.0. The fraction of sp³-hybridized carbons (Fsp3) is 0.192. The standard InChI is InChI=1S/C26H23NO6S/c1-4-7-20-13-18(15-22-24(28)27(12-5-2)26(31)34-22)14-21(32-6-3)23(20)33-16-17-8-10-19(11-9-17)25(29)30/h2,4,8-11,13-15H,1,6-7,12,16H2,3H3,(H,29,30)/b22-15+. The Morgan fingerprint density at radius 3 is 2.59 bits per heavy atom. The van der Waals surface area contributed by atoms with Crippen molar-refractivity contribution in [3.05, 3.63) is 76.2 Å². The molecule has 8 heteroatoms. The molecule has 0 saturated carbocycles.